The van der Waals surface area contributed by atoms with E-state index < -0.39 is 5.91 Å². The predicted molar refractivity (Wildman–Crippen MR) is 69.9 cm³/mol. The van der Waals surface area contributed by atoms with Gasteiger partial charge < -0.3 is 10.6 Å². The van der Waals surface area contributed by atoms with Crippen LogP contribution in [-0.4, -0.2) is 24.0 Å². The topological polar surface area (TPSA) is 83.0 Å². The number of carbonyl (C=O) groups excluding carboxylic acids is 1. The Labute approximate surface area is 107 Å². The molecule has 1 aromatic rings. The van der Waals surface area contributed by atoms with Crippen molar-refractivity contribution < 1.29 is 4.79 Å². The smallest absolute Gasteiger partial charge is 0.236 e. The number of carbonyl (C=O) groups is 1. The number of nitrogens with two attached hydrogens (primary N) is 1. The van der Waals surface area contributed by atoms with Crippen LogP contribution < -0.4 is 10.6 Å². The van der Waals surface area contributed by atoms with E-state index in [1.807, 2.05) is 20.8 Å². The van der Waals surface area contributed by atoms with Gasteiger partial charge in [-0.15, -0.1) is 0 Å². The minimum absolute atomic E-state index is 0.0727. The van der Waals surface area contributed by atoms with E-state index in [0.29, 0.717) is 23.8 Å². The van der Waals surface area contributed by atoms with Gasteiger partial charge in [0.15, 0.2) is 0 Å². The lowest BCUT2D eigenvalue weighted by Gasteiger charge is -2.25. The maximum atomic E-state index is 11.1. The van der Waals surface area contributed by atoms with Gasteiger partial charge in [-0.05, 0) is 24.5 Å². The number of hydrogen-bond donors (Lipinski definition) is 1. The Morgan fingerprint density at radius 2 is 2.28 bits per heavy atom. The maximum Gasteiger partial charge on any atom is 0.236 e. The Morgan fingerprint density at radius 1 is 1.61 bits per heavy atom. The second kappa shape index (κ2) is 6.01. The summed E-state index contributed by atoms with van der Waals surface area (Å²) in [5.41, 5.74) is 6.59. The summed E-state index contributed by atoms with van der Waals surface area (Å²) in [5.74, 6) is 0.450. The molecule has 1 aromatic heterocycles. The molecule has 5 heteroatoms. The highest BCUT2D eigenvalue weighted by atomic mass is 16.1. The van der Waals surface area contributed by atoms with Crippen molar-refractivity contribution in [2.75, 3.05) is 18.0 Å². The van der Waals surface area contributed by atoms with E-state index in [1.165, 1.54) is 0 Å². The second-order valence-corrected chi connectivity index (χ2v) is 4.68. The van der Waals surface area contributed by atoms with Crippen molar-refractivity contribution >= 4 is 11.7 Å². The average Bonchev–Trinajstić information content (AvgIpc) is 2.26. The number of aromatic nitrogens is 1. The van der Waals surface area contributed by atoms with Gasteiger partial charge in [-0.1, -0.05) is 13.8 Å². The number of nitrogens with zero attached hydrogens (tertiary/aromatic N) is 3. The number of anilines is 1. The molecule has 0 saturated carbocycles. The van der Waals surface area contributed by atoms with Crippen molar-refractivity contribution in [3.05, 3.63) is 23.4 Å². The van der Waals surface area contributed by atoms with Crippen molar-refractivity contribution in [2.45, 2.75) is 20.8 Å². The van der Waals surface area contributed by atoms with Gasteiger partial charge in [-0.3, -0.25) is 4.79 Å². The molecule has 0 fully saturated rings. The highest BCUT2D eigenvalue weighted by Crippen LogP contribution is 2.20. The Balaban J connectivity index is 3.16. The summed E-state index contributed by atoms with van der Waals surface area (Å²) in [6.45, 7) is 6.63. The van der Waals surface area contributed by atoms with Gasteiger partial charge in [-0.25, -0.2) is 4.98 Å². The summed E-state index contributed by atoms with van der Waals surface area (Å²) < 4.78 is 0. The van der Waals surface area contributed by atoms with Gasteiger partial charge in [0.2, 0.25) is 5.91 Å². The first kappa shape index (κ1) is 14.0. The molecular formula is C13H18N4O. The van der Waals surface area contributed by atoms with Crippen molar-refractivity contribution in [2.24, 2.45) is 11.7 Å². The molecule has 18 heavy (non-hydrogen) atoms. The first-order valence-corrected chi connectivity index (χ1v) is 5.84. The van der Waals surface area contributed by atoms with Gasteiger partial charge >= 0.3 is 0 Å². The zero-order valence-corrected chi connectivity index (χ0v) is 11.0. The molecule has 0 aliphatic rings. The van der Waals surface area contributed by atoms with Gasteiger partial charge in [0.25, 0.3) is 0 Å². The molecule has 0 bridgehead atoms. The van der Waals surface area contributed by atoms with E-state index in [0.717, 1.165) is 5.56 Å². The standard InChI is InChI=1S/C13H18N4O/c1-9(2)7-17(8-12(15)18)13-11(6-14)10(3)4-5-16-13/h4-5,9H,7-8H2,1-3H3,(H2,15,18). The first-order valence-electron chi connectivity index (χ1n) is 5.84. The van der Waals surface area contributed by atoms with Crippen LogP contribution >= 0.6 is 0 Å². The lowest BCUT2D eigenvalue weighted by molar-refractivity contribution is -0.116. The summed E-state index contributed by atoms with van der Waals surface area (Å²) in [6, 6.07) is 3.91. The SMILES string of the molecule is Cc1ccnc(N(CC(N)=O)CC(C)C)c1C#N. The van der Waals surface area contributed by atoms with E-state index >= 15 is 0 Å². The molecule has 0 aromatic carbocycles. The van der Waals surface area contributed by atoms with E-state index in [1.54, 1.807) is 17.2 Å². The highest BCUT2D eigenvalue weighted by molar-refractivity contribution is 5.79. The Hall–Kier alpha value is -2.09. The first-order chi connectivity index (χ1) is 8.45. The third-order valence-electron chi connectivity index (χ3n) is 2.48. The maximum absolute atomic E-state index is 11.1. The molecular weight excluding hydrogens is 228 g/mol. The van der Waals surface area contributed by atoms with E-state index in [9.17, 15) is 10.1 Å². The van der Waals surface area contributed by atoms with E-state index in [-0.39, 0.29) is 6.54 Å². The number of hydrogen-bond acceptors (Lipinski definition) is 4. The molecule has 0 atom stereocenters. The lowest BCUT2D eigenvalue weighted by atomic mass is 10.1. The number of primary amides is 1. The predicted octanol–water partition coefficient (Wildman–Crippen LogP) is 1.21. The molecule has 0 radical (unpaired) electrons. The van der Waals surface area contributed by atoms with Crippen LogP contribution in [0.15, 0.2) is 12.3 Å². The Kier molecular flexibility index (Phi) is 4.67. The highest BCUT2D eigenvalue weighted by Gasteiger charge is 2.17. The molecule has 1 rings (SSSR count). The summed E-state index contributed by atoms with van der Waals surface area (Å²) in [5, 5.41) is 9.18. The van der Waals surface area contributed by atoms with Crippen molar-refractivity contribution in [3.8, 4) is 6.07 Å². The van der Waals surface area contributed by atoms with E-state index in [4.69, 9.17) is 5.73 Å². The van der Waals surface area contributed by atoms with E-state index in [2.05, 4.69) is 11.1 Å². The van der Waals surface area contributed by atoms with Crippen LogP contribution in [0, 0.1) is 24.2 Å². The summed E-state index contributed by atoms with van der Waals surface area (Å²) in [7, 11) is 0. The normalized spacial score (nSPS) is 10.2. The van der Waals surface area contributed by atoms with Crippen molar-refractivity contribution in [3.63, 3.8) is 0 Å². The zero-order chi connectivity index (χ0) is 13.7. The minimum Gasteiger partial charge on any atom is -0.368 e. The molecule has 0 aliphatic heterocycles. The number of nitriles is 1. The summed E-state index contributed by atoms with van der Waals surface area (Å²) in [4.78, 5) is 17.1. The fourth-order valence-electron chi connectivity index (χ4n) is 1.78. The van der Waals surface area contributed by atoms with Crippen LogP contribution in [0.2, 0.25) is 0 Å². The lowest BCUT2D eigenvalue weighted by Crippen LogP contribution is -2.37. The molecule has 0 saturated heterocycles. The monoisotopic (exact) mass is 246 g/mol. The molecule has 0 spiro atoms. The fraction of sp³-hybridized carbons (Fsp3) is 0.462. The average molecular weight is 246 g/mol. The summed E-state index contributed by atoms with van der Waals surface area (Å²) >= 11 is 0. The third kappa shape index (κ3) is 3.45. The van der Waals surface area contributed by atoms with Crippen LogP contribution in [0.5, 0.6) is 0 Å². The molecule has 1 heterocycles. The van der Waals surface area contributed by atoms with Gasteiger partial charge in [-0.2, -0.15) is 5.26 Å². The van der Waals surface area contributed by atoms with Crippen LogP contribution in [0.1, 0.15) is 25.0 Å². The van der Waals surface area contributed by atoms with Crippen LogP contribution in [0.25, 0.3) is 0 Å². The van der Waals surface area contributed by atoms with Crippen molar-refractivity contribution in [1.82, 2.24) is 4.98 Å². The van der Waals surface area contributed by atoms with Crippen LogP contribution in [-0.2, 0) is 4.79 Å². The van der Waals surface area contributed by atoms with Gasteiger partial charge in [0, 0.05) is 12.7 Å². The molecule has 2 N–H and O–H groups in total. The molecule has 1 amide bonds. The number of rotatable bonds is 5. The molecule has 0 aliphatic carbocycles. The van der Waals surface area contributed by atoms with Crippen LogP contribution in [0.4, 0.5) is 5.82 Å². The fourth-order valence-corrected chi connectivity index (χ4v) is 1.78. The summed E-state index contributed by atoms with van der Waals surface area (Å²) in [6.07, 6.45) is 1.64. The third-order valence-corrected chi connectivity index (χ3v) is 2.48. The number of aryl methyl sites for hydroxylation is 1. The minimum atomic E-state index is -0.428. The van der Waals surface area contributed by atoms with Crippen molar-refractivity contribution in [1.29, 1.82) is 5.26 Å². The van der Waals surface area contributed by atoms with Gasteiger partial charge in [0.05, 0.1) is 12.1 Å². The number of amides is 1. The molecule has 0 unspecified atom stereocenters. The Bertz CT molecular complexity index is 476. The largest absolute Gasteiger partial charge is 0.368 e. The number of pyridine rings is 1. The Morgan fingerprint density at radius 3 is 2.78 bits per heavy atom. The molecule has 5 nitrogen and oxygen atoms in total. The van der Waals surface area contributed by atoms with Gasteiger partial charge in [0.1, 0.15) is 11.9 Å². The van der Waals surface area contributed by atoms with Crippen LogP contribution in [0.3, 0.4) is 0 Å². The quantitative estimate of drug-likeness (QED) is 0.846. The second-order valence-electron chi connectivity index (χ2n) is 4.68. The zero-order valence-electron chi connectivity index (χ0n) is 11.0. The molecule has 96 valence electrons.